The van der Waals surface area contributed by atoms with E-state index in [9.17, 15) is 18.0 Å². The summed E-state index contributed by atoms with van der Waals surface area (Å²) in [6, 6.07) is 6.98. The second kappa shape index (κ2) is 6.33. The number of amides is 2. The number of benzene rings is 1. The van der Waals surface area contributed by atoms with E-state index in [-0.39, 0.29) is 29.4 Å². The Morgan fingerprint density at radius 3 is 2.24 bits per heavy atom. The molecule has 1 heterocycles. The summed E-state index contributed by atoms with van der Waals surface area (Å²) in [7, 11) is 0.796. The molecular formula is C17H23N3O4S. The Hall–Kier alpha value is -2.09. The minimum Gasteiger partial charge on any atom is -0.378 e. The van der Waals surface area contributed by atoms with Crippen LogP contribution in [-0.2, 0) is 19.4 Å². The lowest BCUT2D eigenvalue weighted by Crippen LogP contribution is -2.45. The SMILES string of the molecule is CN(C)c1ccc(NC(=O)C2(C(=O)NC3CCS(=O)(=O)C3)CC2)cc1. The van der Waals surface area contributed by atoms with Crippen molar-refractivity contribution in [1.82, 2.24) is 5.32 Å². The third-order valence-electron chi connectivity index (χ3n) is 4.83. The molecule has 1 saturated heterocycles. The molecule has 1 aliphatic heterocycles. The maximum atomic E-state index is 12.6. The van der Waals surface area contributed by atoms with Crippen LogP contribution in [0.1, 0.15) is 19.3 Å². The van der Waals surface area contributed by atoms with Crippen LogP contribution in [-0.4, -0.2) is 51.9 Å². The van der Waals surface area contributed by atoms with Crippen molar-refractivity contribution in [3.8, 4) is 0 Å². The first-order valence-corrected chi connectivity index (χ1v) is 10.1. The van der Waals surface area contributed by atoms with Crippen LogP contribution in [0.5, 0.6) is 0 Å². The van der Waals surface area contributed by atoms with Crippen LogP contribution in [0.3, 0.4) is 0 Å². The first kappa shape index (κ1) is 17.7. The lowest BCUT2D eigenvalue weighted by atomic mass is 10.0. The van der Waals surface area contributed by atoms with E-state index in [0.29, 0.717) is 24.9 Å². The topological polar surface area (TPSA) is 95.6 Å². The lowest BCUT2D eigenvalue weighted by molar-refractivity contribution is -0.134. The van der Waals surface area contributed by atoms with Gasteiger partial charge in [-0.15, -0.1) is 0 Å². The maximum absolute atomic E-state index is 12.6. The van der Waals surface area contributed by atoms with Gasteiger partial charge in [-0.2, -0.15) is 0 Å². The van der Waals surface area contributed by atoms with E-state index < -0.39 is 15.3 Å². The molecule has 25 heavy (non-hydrogen) atoms. The summed E-state index contributed by atoms with van der Waals surface area (Å²) in [6.07, 6.45) is 1.39. The van der Waals surface area contributed by atoms with Crippen LogP contribution >= 0.6 is 0 Å². The standard InChI is InChI=1S/C17H23N3O4S/c1-20(2)14-5-3-12(4-6-14)18-15(21)17(8-9-17)16(22)19-13-7-10-25(23,24)11-13/h3-6,13H,7-11H2,1-2H3,(H,18,21)(H,19,22). The molecular weight excluding hydrogens is 342 g/mol. The Bertz CT molecular complexity index is 783. The second-order valence-corrected chi connectivity index (χ2v) is 9.28. The Kier molecular flexibility index (Phi) is 4.49. The molecule has 2 fully saturated rings. The molecule has 2 amide bonds. The number of anilines is 2. The van der Waals surface area contributed by atoms with Crippen molar-refractivity contribution in [3.63, 3.8) is 0 Å². The van der Waals surface area contributed by atoms with E-state index in [2.05, 4.69) is 10.6 Å². The number of hydrogen-bond acceptors (Lipinski definition) is 5. The Morgan fingerprint density at radius 1 is 1.12 bits per heavy atom. The number of carbonyl (C=O) groups excluding carboxylic acids is 2. The quantitative estimate of drug-likeness (QED) is 0.752. The summed E-state index contributed by atoms with van der Waals surface area (Å²) in [4.78, 5) is 27.0. The van der Waals surface area contributed by atoms with Crippen LogP contribution in [0.2, 0.25) is 0 Å². The first-order valence-electron chi connectivity index (χ1n) is 8.32. The van der Waals surface area contributed by atoms with Gasteiger partial charge in [0.05, 0.1) is 11.5 Å². The molecule has 1 unspecified atom stereocenters. The van der Waals surface area contributed by atoms with Crippen molar-refractivity contribution in [3.05, 3.63) is 24.3 Å². The summed E-state index contributed by atoms with van der Waals surface area (Å²) in [5.41, 5.74) is 0.587. The van der Waals surface area contributed by atoms with Gasteiger partial charge in [0, 0.05) is 31.5 Å². The van der Waals surface area contributed by atoms with Crippen LogP contribution in [0.15, 0.2) is 24.3 Å². The predicted molar refractivity (Wildman–Crippen MR) is 96.3 cm³/mol. The summed E-state index contributed by atoms with van der Waals surface area (Å²) in [5.74, 6) is -0.641. The minimum absolute atomic E-state index is 0.0392. The molecule has 3 rings (SSSR count). The smallest absolute Gasteiger partial charge is 0.240 e. The van der Waals surface area contributed by atoms with E-state index in [4.69, 9.17) is 0 Å². The number of sulfone groups is 1. The highest BCUT2D eigenvalue weighted by Gasteiger charge is 2.57. The van der Waals surface area contributed by atoms with E-state index in [1.165, 1.54) is 0 Å². The molecule has 1 aromatic carbocycles. The largest absolute Gasteiger partial charge is 0.378 e. The highest BCUT2D eigenvalue weighted by atomic mass is 32.2. The van der Waals surface area contributed by atoms with Crippen LogP contribution in [0.4, 0.5) is 11.4 Å². The Balaban J connectivity index is 1.62. The summed E-state index contributed by atoms with van der Waals surface area (Å²) < 4.78 is 23.0. The normalized spacial score (nSPS) is 22.9. The van der Waals surface area contributed by atoms with E-state index in [1.807, 2.05) is 31.1 Å². The van der Waals surface area contributed by atoms with Crippen molar-refractivity contribution >= 4 is 33.0 Å². The second-order valence-electron chi connectivity index (χ2n) is 7.05. The molecule has 1 aromatic rings. The number of carbonyl (C=O) groups is 2. The van der Waals surface area contributed by atoms with Gasteiger partial charge in [-0.25, -0.2) is 8.42 Å². The fourth-order valence-electron chi connectivity index (χ4n) is 3.01. The van der Waals surface area contributed by atoms with Gasteiger partial charge >= 0.3 is 0 Å². The van der Waals surface area contributed by atoms with Gasteiger partial charge in [0.25, 0.3) is 0 Å². The van der Waals surface area contributed by atoms with Crippen LogP contribution in [0.25, 0.3) is 0 Å². The zero-order valence-electron chi connectivity index (χ0n) is 14.4. The zero-order valence-corrected chi connectivity index (χ0v) is 15.2. The number of nitrogens with zero attached hydrogens (tertiary/aromatic N) is 1. The molecule has 136 valence electrons. The van der Waals surface area contributed by atoms with Crippen LogP contribution in [0, 0.1) is 5.41 Å². The fraction of sp³-hybridized carbons (Fsp3) is 0.529. The molecule has 0 aromatic heterocycles. The number of nitrogens with one attached hydrogen (secondary N) is 2. The maximum Gasteiger partial charge on any atom is 0.240 e. The van der Waals surface area contributed by atoms with Gasteiger partial charge < -0.3 is 15.5 Å². The van der Waals surface area contributed by atoms with E-state index in [0.717, 1.165) is 5.69 Å². The molecule has 0 bridgehead atoms. The average Bonchev–Trinajstić information content (AvgIpc) is 3.28. The molecule has 8 heteroatoms. The molecule has 0 radical (unpaired) electrons. The highest BCUT2D eigenvalue weighted by molar-refractivity contribution is 7.91. The summed E-state index contributed by atoms with van der Waals surface area (Å²) >= 11 is 0. The van der Waals surface area contributed by atoms with Crippen molar-refractivity contribution < 1.29 is 18.0 Å². The zero-order chi connectivity index (χ0) is 18.2. The first-order chi connectivity index (χ1) is 11.7. The van der Waals surface area contributed by atoms with Gasteiger partial charge in [0.1, 0.15) is 5.41 Å². The van der Waals surface area contributed by atoms with Gasteiger partial charge in [0.2, 0.25) is 11.8 Å². The third-order valence-corrected chi connectivity index (χ3v) is 6.60. The van der Waals surface area contributed by atoms with Gasteiger partial charge in [-0.05, 0) is 43.5 Å². The van der Waals surface area contributed by atoms with Crippen molar-refractivity contribution in [2.24, 2.45) is 5.41 Å². The highest BCUT2D eigenvalue weighted by Crippen LogP contribution is 2.47. The molecule has 1 aliphatic carbocycles. The monoisotopic (exact) mass is 365 g/mol. The minimum atomic E-state index is -3.07. The third kappa shape index (κ3) is 3.78. The summed E-state index contributed by atoms with van der Waals surface area (Å²) in [5, 5.41) is 5.54. The molecule has 1 saturated carbocycles. The van der Waals surface area contributed by atoms with E-state index in [1.54, 1.807) is 12.1 Å². The molecule has 2 aliphatic rings. The summed E-state index contributed by atoms with van der Waals surface area (Å²) in [6.45, 7) is 0. The molecule has 0 spiro atoms. The van der Waals surface area contributed by atoms with Gasteiger partial charge in [0.15, 0.2) is 9.84 Å². The van der Waals surface area contributed by atoms with E-state index >= 15 is 0 Å². The van der Waals surface area contributed by atoms with Gasteiger partial charge in [-0.3, -0.25) is 9.59 Å². The lowest BCUT2D eigenvalue weighted by Gasteiger charge is -2.18. The molecule has 7 nitrogen and oxygen atoms in total. The molecule has 1 atom stereocenters. The van der Waals surface area contributed by atoms with Gasteiger partial charge in [-0.1, -0.05) is 0 Å². The molecule has 2 N–H and O–H groups in total. The van der Waals surface area contributed by atoms with Crippen molar-refractivity contribution in [1.29, 1.82) is 0 Å². The number of rotatable bonds is 5. The Morgan fingerprint density at radius 2 is 1.76 bits per heavy atom. The van der Waals surface area contributed by atoms with Crippen molar-refractivity contribution in [2.75, 3.05) is 35.8 Å². The van der Waals surface area contributed by atoms with Crippen molar-refractivity contribution in [2.45, 2.75) is 25.3 Å². The average molecular weight is 365 g/mol. The fourth-order valence-corrected chi connectivity index (χ4v) is 4.68. The predicted octanol–water partition coefficient (Wildman–Crippen LogP) is 0.775. The Labute approximate surface area is 147 Å². The number of hydrogen-bond donors (Lipinski definition) is 2. The van der Waals surface area contributed by atoms with Crippen LogP contribution < -0.4 is 15.5 Å².